The number of H-pyrrole nitrogens is 1. The van der Waals surface area contributed by atoms with Gasteiger partial charge in [0.2, 0.25) is 0 Å². The van der Waals surface area contributed by atoms with Crippen molar-refractivity contribution in [2.45, 2.75) is 51.4 Å². The molecular formula is C24H30N4O. The first-order valence-corrected chi connectivity index (χ1v) is 11.1. The maximum absolute atomic E-state index is 12.9. The minimum Gasteiger partial charge on any atom is -0.360 e. The molecule has 152 valence electrons. The first-order chi connectivity index (χ1) is 14.2. The molecule has 0 spiro atoms. The maximum Gasteiger partial charge on any atom is 0.160 e. The summed E-state index contributed by atoms with van der Waals surface area (Å²) in [5, 5.41) is 2.39. The SMILES string of the molecule is CC1CCCN(CC(=O)C2CCC(c3cnc4ncc5[nH]cccc5c34)CC2)C1. The van der Waals surface area contributed by atoms with E-state index in [2.05, 4.69) is 32.8 Å². The summed E-state index contributed by atoms with van der Waals surface area (Å²) >= 11 is 0. The summed E-state index contributed by atoms with van der Waals surface area (Å²) in [6.45, 7) is 5.14. The normalized spacial score (nSPS) is 26.2. The number of aromatic amines is 1. The fraction of sp³-hybridized carbons (Fsp3) is 0.542. The lowest BCUT2D eigenvalue weighted by atomic mass is 9.77. The van der Waals surface area contributed by atoms with Crippen LogP contribution in [0.3, 0.4) is 0 Å². The smallest absolute Gasteiger partial charge is 0.160 e. The number of hydrogen-bond donors (Lipinski definition) is 1. The minimum absolute atomic E-state index is 0.237. The fourth-order valence-electron chi connectivity index (χ4n) is 5.48. The van der Waals surface area contributed by atoms with Crippen LogP contribution in [0.2, 0.25) is 0 Å². The Labute approximate surface area is 171 Å². The highest BCUT2D eigenvalue weighted by atomic mass is 16.1. The van der Waals surface area contributed by atoms with Crippen molar-refractivity contribution in [2.24, 2.45) is 11.8 Å². The molecule has 5 heteroatoms. The van der Waals surface area contributed by atoms with Crippen LogP contribution in [-0.4, -0.2) is 45.3 Å². The molecule has 5 nitrogen and oxygen atoms in total. The molecule has 0 bridgehead atoms. The predicted octanol–water partition coefficient (Wildman–Crippen LogP) is 4.69. The van der Waals surface area contributed by atoms with E-state index < -0.39 is 0 Å². The number of Topliss-reactive ketones (excluding diaryl/α,β-unsaturated/α-hetero) is 1. The molecule has 1 saturated heterocycles. The Hall–Kier alpha value is -2.27. The number of nitrogens with zero attached hydrogens (tertiary/aromatic N) is 3. The Kier molecular flexibility index (Phi) is 5.08. The molecule has 3 aromatic heterocycles. The molecule has 29 heavy (non-hydrogen) atoms. The molecule has 1 aliphatic heterocycles. The lowest BCUT2D eigenvalue weighted by molar-refractivity contribution is -0.125. The summed E-state index contributed by atoms with van der Waals surface area (Å²) < 4.78 is 0. The molecule has 1 N–H and O–H groups in total. The monoisotopic (exact) mass is 390 g/mol. The van der Waals surface area contributed by atoms with Gasteiger partial charge < -0.3 is 4.98 Å². The van der Waals surface area contributed by atoms with Gasteiger partial charge in [-0.3, -0.25) is 9.69 Å². The number of nitrogens with one attached hydrogen (secondary N) is 1. The van der Waals surface area contributed by atoms with Crippen LogP contribution in [0.1, 0.15) is 56.9 Å². The van der Waals surface area contributed by atoms with Gasteiger partial charge in [-0.05, 0) is 68.5 Å². The predicted molar refractivity (Wildman–Crippen MR) is 116 cm³/mol. The first-order valence-electron chi connectivity index (χ1n) is 11.1. The van der Waals surface area contributed by atoms with Crippen molar-refractivity contribution in [1.82, 2.24) is 19.9 Å². The lowest BCUT2D eigenvalue weighted by Crippen LogP contribution is -2.40. The van der Waals surface area contributed by atoms with E-state index in [1.807, 2.05) is 24.7 Å². The van der Waals surface area contributed by atoms with E-state index in [9.17, 15) is 4.79 Å². The van der Waals surface area contributed by atoms with Gasteiger partial charge in [-0.15, -0.1) is 0 Å². The molecule has 3 aromatic rings. The van der Waals surface area contributed by atoms with Gasteiger partial charge in [0.05, 0.1) is 18.3 Å². The largest absolute Gasteiger partial charge is 0.360 e. The Morgan fingerprint density at radius 3 is 2.83 bits per heavy atom. The number of hydrogen-bond acceptors (Lipinski definition) is 4. The second-order valence-electron chi connectivity index (χ2n) is 9.17. The Balaban J connectivity index is 1.28. The van der Waals surface area contributed by atoms with E-state index in [0.29, 0.717) is 18.2 Å². The van der Waals surface area contributed by atoms with Gasteiger partial charge in [0.15, 0.2) is 5.65 Å². The van der Waals surface area contributed by atoms with Crippen LogP contribution < -0.4 is 0 Å². The van der Waals surface area contributed by atoms with E-state index in [1.165, 1.54) is 29.2 Å². The average molecular weight is 391 g/mol. The Morgan fingerprint density at radius 1 is 1.17 bits per heavy atom. The van der Waals surface area contributed by atoms with Gasteiger partial charge in [-0.2, -0.15) is 0 Å². The molecule has 0 amide bonds. The summed E-state index contributed by atoms with van der Waals surface area (Å²) in [5.41, 5.74) is 3.20. The molecule has 0 radical (unpaired) electrons. The standard InChI is InChI=1S/C24H30N4O/c1-16-4-3-11-28(14-16)15-22(29)18-8-6-17(7-9-18)20-12-26-24-23(20)19-5-2-10-25-21(19)13-27-24/h2,5,10,12-13,16-18,25H,3-4,6-9,11,14-15H2,1H3. The van der Waals surface area contributed by atoms with Crippen molar-refractivity contribution >= 4 is 27.7 Å². The van der Waals surface area contributed by atoms with Crippen molar-refractivity contribution < 1.29 is 4.79 Å². The first kappa shape index (κ1) is 18.7. The second kappa shape index (κ2) is 7.86. The van der Waals surface area contributed by atoms with Crippen molar-refractivity contribution in [3.05, 3.63) is 36.3 Å². The molecule has 5 rings (SSSR count). The maximum atomic E-state index is 12.9. The molecule has 0 aromatic carbocycles. The summed E-state index contributed by atoms with van der Waals surface area (Å²) in [4.78, 5) is 27.7. The van der Waals surface area contributed by atoms with Crippen LogP contribution in [0.25, 0.3) is 21.9 Å². The van der Waals surface area contributed by atoms with Gasteiger partial charge >= 0.3 is 0 Å². The number of rotatable bonds is 4. The van der Waals surface area contributed by atoms with E-state index in [0.717, 1.165) is 55.9 Å². The molecule has 1 atom stereocenters. The second-order valence-corrected chi connectivity index (χ2v) is 9.17. The molecular weight excluding hydrogens is 360 g/mol. The number of fused-ring (bicyclic) bond motifs is 3. The quantitative estimate of drug-likeness (QED) is 0.702. The third-order valence-electron chi connectivity index (χ3n) is 7.05. The summed E-state index contributed by atoms with van der Waals surface area (Å²) in [5.74, 6) is 1.91. The highest BCUT2D eigenvalue weighted by Crippen LogP contribution is 2.40. The number of ketones is 1. The van der Waals surface area contributed by atoms with Crippen LogP contribution in [0.5, 0.6) is 0 Å². The van der Waals surface area contributed by atoms with E-state index in [4.69, 9.17) is 0 Å². The zero-order chi connectivity index (χ0) is 19.8. The average Bonchev–Trinajstić information content (AvgIpc) is 3.18. The van der Waals surface area contributed by atoms with Crippen molar-refractivity contribution in [2.75, 3.05) is 19.6 Å². The molecule has 4 heterocycles. The number of piperidine rings is 1. The lowest BCUT2D eigenvalue weighted by Gasteiger charge is -2.33. The van der Waals surface area contributed by atoms with Gasteiger partial charge in [0, 0.05) is 35.6 Å². The number of pyridine rings is 2. The summed E-state index contributed by atoms with van der Waals surface area (Å²) in [6.07, 6.45) is 12.5. The van der Waals surface area contributed by atoms with Crippen molar-refractivity contribution in [3.63, 3.8) is 0 Å². The molecule has 2 fully saturated rings. The van der Waals surface area contributed by atoms with Gasteiger partial charge in [0.25, 0.3) is 0 Å². The van der Waals surface area contributed by atoms with Gasteiger partial charge in [-0.25, -0.2) is 9.97 Å². The minimum atomic E-state index is 0.237. The summed E-state index contributed by atoms with van der Waals surface area (Å²) in [7, 11) is 0. The molecule has 1 saturated carbocycles. The number of aromatic nitrogens is 3. The topological polar surface area (TPSA) is 61.9 Å². The highest BCUT2D eigenvalue weighted by Gasteiger charge is 2.30. The van der Waals surface area contributed by atoms with Crippen LogP contribution in [-0.2, 0) is 4.79 Å². The number of carbonyl (C=O) groups excluding carboxylic acids is 1. The highest BCUT2D eigenvalue weighted by molar-refractivity contribution is 6.05. The van der Waals surface area contributed by atoms with Crippen LogP contribution in [0.15, 0.2) is 30.7 Å². The zero-order valence-electron chi connectivity index (χ0n) is 17.2. The summed E-state index contributed by atoms with van der Waals surface area (Å²) in [6, 6.07) is 4.19. The van der Waals surface area contributed by atoms with E-state index in [-0.39, 0.29) is 5.92 Å². The van der Waals surface area contributed by atoms with Crippen LogP contribution >= 0.6 is 0 Å². The van der Waals surface area contributed by atoms with Crippen molar-refractivity contribution in [1.29, 1.82) is 0 Å². The van der Waals surface area contributed by atoms with E-state index in [1.54, 1.807) is 0 Å². The van der Waals surface area contributed by atoms with Crippen molar-refractivity contribution in [3.8, 4) is 0 Å². The number of carbonyl (C=O) groups is 1. The van der Waals surface area contributed by atoms with Gasteiger partial charge in [-0.1, -0.05) is 13.0 Å². The molecule has 1 aliphatic carbocycles. The Bertz CT molecular complexity index is 1020. The zero-order valence-corrected chi connectivity index (χ0v) is 17.2. The van der Waals surface area contributed by atoms with Crippen LogP contribution in [0, 0.1) is 11.8 Å². The van der Waals surface area contributed by atoms with Crippen LogP contribution in [0.4, 0.5) is 0 Å². The molecule has 1 unspecified atom stereocenters. The number of likely N-dealkylation sites (tertiary alicyclic amines) is 1. The van der Waals surface area contributed by atoms with E-state index >= 15 is 0 Å². The fourth-order valence-corrected chi connectivity index (χ4v) is 5.48. The molecule has 2 aliphatic rings. The Morgan fingerprint density at radius 2 is 2.00 bits per heavy atom. The third kappa shape index (κ3) is 3.68. The third-order valence-corrected chi connectivity index (χ3v) is 7.05. The van der Waals surface area contributed by atoms with Gasteiger partial charge in [0.1, 0.15) is 5.78 Å².